The second kappa shape index (κ2) is 7.85. The zero-order valence-corrected chi connectivity index (χ0v) is 17.4. The minimum atomic E-state index is 0.0387. The van der Waals surface area contributed by atoms with Gasteiger partial charge in [-0.25, -0.2) is 0 Å². The lowest BCUT2D eigenvalue weighted by Gasteiger charge is -2.57. The molecule has 0 aliphatic heterocycles. The van der Waals surface area contributed by atoms with Gasteiger partial charge in [0.2, 0.25) is 0 Å². The van der Waals surface area contributed by atoms with E-state index >= 15 is 0 Å². The number of nitrogens with zero attached hydrogens (tertiary/aromatic N) is 1. The molecule has 0 amide bonds. The molecule has 6 unspecified atom stereocenters. The third kappa shape index (κ3) is 3.25. The van der Waals surface area contributed by atoms with Crippen LogP contribution in [0.4, 0.5) is 0 Å². The van der Waals surface area contributed by atoms with Gasteiger partial charge in [-0.05, 0) is 99.2 Å². The zero-order valence-electron chi connectivity index (χ0n) is 17.4. The maximum absolute atomic E-state index is 9.88. The van der Waals surface area contributed by atoms with E-state index in [2.05, 4.69) is 19.9 Å². The van der Waals surface area contributed by atoms with Crippen molar-refractivity contribution < 1.29 is 0 Å². The fraction of sp³-hybridized carbons (Fsp3) is 0.960. The number of fused-ring (bicyclic) bond motifs is 5. The van der Waals surface area contributed by atoms with Gasteiger partial charge in [-0.15, -0.1) is 0 Å². The summed E-state index contributed by atoms with van der Waals surface area (Å²) in [5, 5.41) is 9.88. The van der Waals surface area contributed by atoms with Crippen molar-refractivity contribution in [3.8, 4) is 6.07 Å². The van der Waals surface area contributed by atoms with Crippen molar-refractivity contribution in [3.63, 3.8) is 0 Å². The first-order chi connectivity index (χ1) is 12.7. The Morgan fingerprint density at radius 2 is 1.54 bits per heavy atom. The second-order valence-electron chi connectivity index (χ2n) is 10.6. The van der Waals surface area contributed by atoms with Crippen LogP contribution in [0, 0.1) is 58.2 Å². The lowest BCUT2D eigenvalue weighted by Crippen LogP contribution is -2.49. The number of rotatable bonds is 4. The molecule has 4 saturated carbocycles. The molecule has 0 radical (unpaired) electrons. The highest BCUT2D eigenvalue weighted by molar-refractivity contribution is 5.07. The maximum atomic E-state index is 9.88. The highest BCUT2D eigenvalue weighted by Crippen LogP contribution is 2.60. The van der Waals surface area contributed by atoms with Crippen molar-refractivity contribution in [1.29, 1.82) is 5.26 Å². The topological polar surface area (TPSA) is 23.8 Å². The first kappa shape index (κ1) is 18.8. The molecule has 4 rings (SSSR count). The molecule has 0 N–H and O–H groups in total. The first-order valence-electron chi connectivity index (χ1n) is 12.1. The predicted molar refractivity (Wildman–Crippen MR) is 108 cm³/mol. The lowest BCUT2D eigenvalue weighted by atomic mass is 9.48. The number of nitriles is 1. The molecular weight excluding hydrogens is 314 g/mol. The smallest absolute Gasteiger partial charge is 0.0689 e. The Bertz CT molecular complexity index is 517. The summed E-state index contributed by atoms with van der Waals surface area (Å²) in [4.78, 5) is 0. The summed E-state index contributed by atoms with van der Waals surface area (Å²) in [6, 6.07) is 2.79. The first-order valence-corrected chi connectivity index (χ1v) is 12.1. The summed E-state index contributed by atoms with van der Waals surface area (Å²) >= 11 is 0. The van der Waals surface area contributed by atoms with Crippen LogP contribution in [0.25, 0.3) is 0 Å². The van der Waals surface area contributed by atoms with Gasteiger partial charge in [-0.3, -0.25) is 0 Å². The van der Waals surface area contributed by atoms with Crippen LogP contribution in [0.1, 0.15) is 104 Å². The Hall–Kier alpha value is -0.510. The van der Waals surface area contributed by atoms with Crippen LogP contribution in [0.3, 0.4) is 0 Å². The van der Waals surface area contributed by atoms with Gasteiger partial charge in [-0.2, -0.15) is 5.26 Å². The molecule has 146 valence electrons. The summed E-state index contributed by atoms with van der Waals surface area (Å²) in [7, 11) is 0. The largest absolute Gasteiger partial charge is 0.198 e. The van der Waals surface area contributed by atoms with E-state index in [0.717, 1.165) is 47.8 Å². The van der Waals surface area contributed by atoms with E-state index in [1.165, 1.54) is 77.0 Å². The van der Waals surface area contributed by atoms with Crippen LogP contribution in [-0.4, -0.2) is 0 Å². The van der Waals surface area contributed by atoms with Crippen LogP contribution < -0.4 is 0 Å². The van der Waals surface area contributed by atoms with Gasteiger partial charge in [0.15, 0.2) is 0 Å². The Balaban J connectivity index is 1.47. The van der Waals surface area contributed by atoms with Gasteiger partial charge >= 0.3 is 0 Å². The quantitative estimate of drug-likeness (QED) is 0.516. The van der Waals surface area contributed by atoms with Crippen LogP contribution in [0.2, 0.25) is 0 Å². The standard InChI is InChI=1S/C25H41N/c1-3-6-18-7-5-8-22-20(18)11-12-23-21-13-15-25(17-26,14-4-2)16-19(21)9-10-24(22)23/h18-24H,3-16H2,1-2H3/t18-,19?,20?,21?,22?,23?,24?,25-/m0/s1. The Labute approximate surface area is 162 Å². The van der Waals surface area contributed by atoms with Gasteiger partial charge in [0.1, 0.15) is 0 Å². The molecule has 0 saturated heterocycles. The monoisotopic (exact) mass is 355 g/mol. The molecule has 0 aromatic heterocycles. The molecule has 0 aromatic carbocycles. The number of hydrogen-bond donors (Lipinski definition) is 0. The van der Waals surface area contributed by atoms with Crippen molar-refractivity contribution in [1.82, 2.24) is 0 Å². The van der Waals surface area contributed by atoms with Gasteiger partial charge < -0.3 is 0 Å². The third-order valence-electron chi connectivity index (χ3n) is 9.46. The molecule has 8 atom stereocenters. The summed E-state index contributed by atoms with van der Waals surface area (Å²) in [5.41, 5.74) is 0.0387. The normalized spacial score (nSPS) is 48.0. The Morgan fingerprint density at radius 1 is 0.808 bits per heavy atom. The van der Waals surface area contributed by atoms with Crippen molar-refractivity contribution in [2.24, 2.45) is 46.8 Å². The average Bonchev–Trinajstić information content (AvgIpc) is 2.68. The molecule has 1 heteroatoms. The van der Waals surface area contributed by atoms with Crippen LogP contribution in [0.15, 0.2) is 0 Å². The summed E-state index contributed by atoms with van der Waals surface area (Å²) in [6.45, 7) is 4.65. The highest BCUT2D eigenvalue weighted by Gasteiger charge is 2.52. The molecular formula is C25H41N. The summed E-state index contributed by atoms with van der Waals surface area (Å²) < 4.78 is 0. The van der Waals surface area contributed by atoms with Crippen molar-refractivity contribution in [3.05, 3.63) is 0 Å². The highest BCUT2D eigenvalue weighted by atomic mass is 14.6. The van der Waals surface area contributed by atoms with Crippen LogP contribution in [0.5, 0.6) is 0 Å². The molecule has 1 nitrogen and oxygen atoms in total. The summed E-state index contributed by atoms with van der Waals surface area (Å²) in [6.07, 6.45) is 19.6. The molecule has 0 spiro atoms. The fourth-order valence-corrected chi connectivity index (χ4v) is 8.56. The van der Waals surface area contributed by atoms with Crippen LogP contribution in [-0.2, 0) is 0 Å². The van der Waals surface area contributed by atoms with Gasteiger partial charge in [0.05, 0.1) is 11.5 Å². The van der Waals surface area contributed by atoms with Gasteiger partial charge in [0, 0.05) is 0 Å². The molecule has 4 fully saturated rings. The molecule has 4 aliphatic rings. The van der Waals surface area contributed by atoms with Crippen molar-refractivity contribution >= 4 is 0 Å². The lowest BCUT2D eigenvalue weighted by molar-refractivity contribution is -0.0715. The second-order valence-corrected chi connectivity index (χ2v) is 10.6. The third-order valence-corrected chi connectivity index (χ3v) is 9.46. The minimum absolute atomic E-state index is 0.0387. The van der Waals surface area contributed by atoms with E-state index in [-0.39, 0.29) is 5.41 Å². The van der Waals surface area contributed by atoms with Crippen LogP contribution >= 0.6 is 0 Å². The van der Waals surface area contributed by atoms with E-state index in [1.807, 2.05) is 0 Å². The zero-order chi connectivity index (χ0) is 18.1. The maximum Gasteiger partial charge on any atom is 0.0689 e. The summed E-state index contributed by atoms with van der Waals surface area (Å²) in [5.74, 6) is 7.12. The number of hydrogen-bond acceptors (Lipinski definition) is 1. The Kier molecular flexibility index (Phi) is 5.69. The molecule has 0 aromatic rings. The van der Waals surface area contributed by atoms with E-state index in [9.17, 15) is 5.26 Å². The van der Waals surface area contributed by atoms with Gasteiger partial charge in [0.25, 0.3) is 0 Å². The van der Waals surface area contributed by atoms with E-state index in [1.54, 1.807) is 6.42 Å². The molecule has 4 aliphatic carbocycles. The SMILES string of the molecule is CCC[C@H]1CCCC2C3CCC4C[C@](C#N)(CCC)CCC4C3CCC21. The average molecular weight is 356 g/mol. The van der Waals surface area contributed by atoms with E-state index in [0.29, 0.717) is 0 Å². The van der Waals surface area contributed by atoms with Gasteiger partial charge in [-0.1, -0.05) is 46.0 Å². The van der Waals surface area contributed by atoms with E-state index in [4.69, 9.17) is 0 Å². The van der Waals surface area contributed by atoms with Crippen molar-refractivity contribution in [2.75, 3.05) is 0 Å². The Morgan fingerprint density at radius 3 is 2.31 bits per heavy atom. The molecule has 0 bridgehead atoms. The van der Waals surface area contributed by atoms with Crippen molar-refractivity contribution in [2.45, 2.75) is 104 Å². The fourth-order valence-electron chi connectivity index (χ4n) is 8.56. The molecule has 0 heterocycles. The predicted octanol–water partition coefficient (Wildman–Crippen LogP) is 7.37. The molecule has 26 heavy (non-hydrogen) atoms. The minimum Gasteiger partial charge on any atom is -0.198 e. The van der Waals surface area contributed by atoms with E-state index < -0.39 is 0 Å².